The molecule has 0 radical (unpaired) electrons. The molecule has 0 saturated carbocycles. The van der Waals surface area contributed by atoms with Crippen molar-refractivity contribution in [1.82, 2.24) is 0 Å². The Kier molecular flexibility index (Phi) is 25.5. The molecule has 188 valence electrons. The summed E-state index contributed by atoms with van der Waals surface area (Å²) in [5.41, 5.74) is 7.87. The van der Waals surface area contributed by atoms with Crippen molar-refractivity contribution in [3.63, 3.8) is 0 Å². The van der Waals surface area contributed by atoms with Gasteiger partial charge in [-0.15, -0.1) is 0 Å². The predicted octanol–water partition coefficient (Wildman–Crippen LogP) is 11.0. The van der Waals surface area contributed by atoms with E-state index in [-0.39, 0.29) is 0 Å². The van der Waals surface area contributed by atoms with Crippen LogP contribution in [0.1, 0.15) is 161 Å². The molecule has 0 unspecified atom stereocenters. The van der Waals surface area contributed by atoms with E-state index in [0.717, 1.165) is 5.69 Å². The van der Waals surface area contributed by atoms with Crippen molar-refractivity contribution >= 4 is 5.69 Å². The van der Waals surface area contributed by atoms with Gasteiger partial charge in [0.2, 0.25) is 0 Å². The summed E-state index contributed by atoms with van der Waals surface area (Å²) in [6.45, 7) is 6.83. The summed E-state index contributed by atoms with van der Waals surface area (Å²) in [6.07, 6.45) is 31.4. The second kappa shape index (κ2) is 26.3. The van der Waals surface area contributed by atoms with Gasteiger partial charge in [0.25, 0.3) is 0 Å². The van der Waals surface area contributed by atoms with E-state index in [0.29, 0.717) is 0 Å². The van der Waals surface area contributed by atoms with Crippen molar-refractivity contribution in [2.75, 3.05) is 5.73 Å². The van der Waals surface area contributed by atoms with Crippen LogP contribution in [0, 0.1) is 0 Å². The Balaban J connectivity index is 0.000000641. The van der Waals surface area contributed by atoms with Gasteiger partial charge in [-0.05, 0) is 30.5 Å². The van der Waals surface area contributed by atoms with Crippen LogP contribution in [0.3, 0.4) is 0 Å². The number of unbranched alkanes of at least 4 members (excludes halogenated alkanes) is 19. The van der Waals surface area contributed by atoms with E-state index in [9.17, 15) is 0 Å². The van der Waals surface area contributed by atoms with Crippen LogP contribution in [0.25, 0.3) is 0 Å². The molecule has 0 aliphatic carbocycles. The first-order valence-electron chi connectivity index (χ1n) is 14.6. The third-order valence-corrected chi connectivity index (χ3v) is 6.51. The van der Waals surface area contributed by atoms with Crippen LogP contribution in [0.5, 0.6) is 0 Å². The normalized spacial score (nSPS) is 10.7. The van der Waals surface area contributed by atoms with Gasteiger partial charge < -0.3 is 5.73 Å². The molecule has 32 heavy (non-hydrogen) atoms. The number of hydrogen-bond acceptors (Lipinski definition) is 1. The second-order valence-electron chi connectivity index (χ2n) is 9.86. The third kappa shape index (κ3) is 23.7. The average Bonchev–Trinajstić information content (AvgIpc) is 2.81. The Morgan fingerprint density at radius 1 is 0.406 bits per heavy atom. The SMILES string of the molecule is CCCCCCCCCCCCCCCCCCC.CCCCCCc1ccc(N)cc1. The zero-order valence-electron chi connectivity index (χ0n) is 22.4. The zero-order valence-corrected chi connectivity index (χ0v) is 22.4. The van der Waals surface area contributed by atoms with Crippen molar-refractivity contribution in [2.45, 2.75) is 162 Å². The molecule has 0 bridgehead atoms. The van der Waals surface area contributed by atoms with E-state index in [1.54, 1.807) is 0 Å². The van der Waals surface area contributed by atoms with Gasteiger partial charge in [0.15, 0.2) is 0 Å². The quantitative estimate of drug-likeness (QED) is 0.148. The Labute approximate surface area is 203 Å². The molecule has 1 heteroatoms. The smallest absolute Gasteiger partial charge is 0.0314 e. The molecule has 0 aliphatic heterocycles. The van der Waals surface area contributed by atoms with Crippen LogP contribution in [-0.2, 0) is 6.42 Å². The fraction of sp³-hybridized carbons (Fsp3) is 0.806. The molecule has 1 aromatic rings. The molecule has 2 N–H and O–H groups in total. The van der Waals surface area contributed by atoms with Gasteiger partial charge in [0.05, 0.1) is 0 Å². The minimum Gasteiger partial charge on any atom is -0.399 e. The fourth-order valence-corrected chi connectivity index (χ4v) is 4.24. The lowest BCUT2D eigenvalue weighted by atomic mass is 10.0. The van der Waals surface area contributed by atoms with Gasteiger partial charge in [0.1, 0.15) is 0 Å². The highest BCUT2D eigenvalue weighted by atomic mass is 14.5. The lowest BCUT2D eigenvalue weighted by molar-refractivity contribution is 0.529. The first kappa shape index (κ1) is 31.0. The zero-order chi connectivity index (χ0) is 23.5. The number of anilines is 1. The molecule has 0 aromatic heterocycles. The molecule has 0 aliphatic rings. The standard InChI is InChI=1S/C19H40.C12H19N/c1-3-5-7-9-11-13-15-17-19-18-16-14-12-10-8-6-4-2;1-2-3-4-5-6-11-7-9-12(13)10-8-11/h3-19H2,1-2H3;7-10H,2-6,13H2,1H3. The largest absolute Gasteiger partial charge is 0.399 e. The summed E-state index contributed by atoms with van der Waals surface area (Å²) in [6, 6.07) is 8.22. The van der Waals surface area contributed by atoms with Crippen LogP contribution in [0.4, 0.5) is 5.69 Å². The number of nitrogens with two attached hydrogens (primary N) is 1. The van der Waals surface area contributed by atoms with Crippen LogP contribution in [0.2, 0.25) is 0 Å². The molecule has 1 rings (SSSR count). The molecular weight excluding hydrogens is 386 g/mol. The minimum absolute atomic E-state index is 0.859. The molecule has 0 spiro atoms. The molecular formula is C31H59N. The van der Waals surface area contributed by atoms with E-state index in [1.807, 2.05) is 12.1 Å². The summed E-state index contributed by atoms with van der Waals surface area (Å²) in [5, 5.41) is 0. The Morgan fingerprint density at radius 2 is 0.688 bits per heavy atom. The third-order valence-electron chi connectivity index (χ3n) is 6.51. The van der Waals surface area contributed by atoms with Gasteiger partial charge >= 0.3 is 0 Å². The van der Waals surface area contributed by atoms with Crippen molar-refractivity contribution in [2.24, 2.45) is 0 Å². The highest BCUT2D eigenvalue weighted by molar-refractivity contribution is 5.39. The van der Waals surface area contributed by atoms with Gasteiger partial charge in [0, 0.05) is 5.69 Å². The van der Waals surface area contributed by atoms with Gasteiger partial charge in [-0.1, -0.05) is 161 Å². The van der Waals surface area contributed by atoms with Gasteiger partial charge in [-0.25, -0.2) is 0 Å². The Bertz CT molecular complexity index is 434. The predicted molar refractivity (Wildman–Crippen MR) is 149 cm³/mol. The molecule has 0 amide bonds. The lowest BCUT2D eigenvalue weighted by Crippen LogP contribution is -1.88. The number of benzene rings is 1. The van der Waals surface area contributed by atoms with Crippen LogP contribution in [0.15, 0.2) is 24.3 Å². The number of hydrogen-bond donors (Lipinski definition) is 1. The van der Waals surface area contributed by atoms with E-state index in [4.69, 9.17) is 5.73 Å². The minimum atomic E-state index is 0.859. The maximum absolute atomic E-state index is 5.60. The first-order chi connectivity index (χ1) is 15.7. The van der Waals surface area contributed by atoms with Crippen LogP contribution < -0.4 is 5.73 Å². The maximum atomic E-state index is 5.60. The summed E-state index contributed by atoms with van der Waals surface area (Å²) in [5.74, 6) is 0. The van der Waals surface area contributed by atoms with Crippen molar-refractivity contribution in [1.29, 1.82) is 0 Å². The van der Waals surface area contributed by atoms with Gasteiger partial charge in [-0.2, -0.15) is 0 Å². The van der Waals surface area contributed by atoms with Crippen LogP contribution in [-0.4, -0.2) is 0 Å². The fourth-order valence-electron chi connectivity index (χ4n) is 4.24. The molecule has 1 nitrogen and oxygen atoms in total. The van der Waals surface area contributed by atoms with E-state index < -0.39 is 0 Å². The van der Waals surface area contributed by atoms with Crippen molar-refractivity contribution in [3.8, 4) is 0 Å². The monoisotopic (exact) mass is 445 g/mol. The Hall–Kier alpha value is -0.980. The highest BCUT2D eigenvalue weighted by Gasteiger charge is 1.94. The maximum Gasteiger partial charge on any atom is 0.0314 e. The van der Waals surface area contributed by atoms with Crippen LogP contribution >= 0.6 is 0 Å². The Morgan fingerprint density at radius 3 is 1.00 bits per heavy atom. The highest BCUT2D eigenvalue weighted by Crippen LogP contribution is 2.14. The lowest BCUT2D eigenvalue weighted by Gasteiger charge is -2.03. The van der Waals surface area contributed by atoms with E-state index in [2.05, 4.69) is 32.9 Å². The molecule has 0 heterocycles. The average molecular weight is 446 g/mol. The molecule has 1 aromatic carbocycles. The molecule has 0 saturated heterocycles. The summed E-state index contributed by atoms with van der Waals surface area (Å²) in [7, 11) is 0. The summed E-state index contributed by atoms with van der Waals surface area (Å²) < 4.78 is 0. The second-order valence-corrected chi connectivity index (χ2v) is 9.86. The van der Waals surface area contributed by atoms with E-state index in [1.165, 1.54) is 147 Å². The van der Waals surface area contributed by atoms with Crippen molar-refractivity contribution in [3.05, 3.63) is 29.8 Å². The first-order valence-corrected chi connectivity index (χ1v) is 14.6. The van der Waals surface area contributed by atoms with Crippen molar-refractivity contribution < 1.29 is 0 Å². The summed E-state index contributed by atoms with van der Waals surface area (Å²) in [4.78, 5) is 0. The number of aryl methyl sites for hydroxylation is 1. The molecule has 0 atom stereocenters. The number of rotatable bonds is 21. The number of nitrogen functional groups attached to an aromatic ring is 1. The molecule has 0 fully saturated rings. The topological polar surface area (TPSA) is 26.0 Å². The van der Waals surface area contributed by atoms with E-state index >= 15 is 0 Å². The van der Waals surface area contributed by atoms with Gasteiger partial charge in [-0.3, -0.25) is 0 Å². The summed E-state index contributed by atoms with van der Waals surface area (Å²) >= 11 is 0.